The Labute approximate surface area is 138 Å². The van der Waals surface area contributed by atoms with Crippen LogP contribution in [-0.4, -0.2) is 46.3 Å². The number of rotatable bonds is 12. The number of unbranched alkanes of at least 4 members (excludes halogenated alkanes) is 2. The standard InChI is InChI=1S/C19H33NOSi/c1-5-8-14-20(15-9-6-2)16-22(17-21-4)19-12-10-18(7-3)11-13-19/h7,10-13,22H,3,5-6,8-9,14-17H2,1-2,4H3. The van der Waals surface area contributed by atoms with E-state index in [1.165, 1.54) is 55.7 Å². The number of hydrogen-bond donors (Lipinski definition) is 0. The summed E-state index contributed by atoms with van der Waals surface area (Å²) in [5, 5.41) is 1.51. The van der Waals surface area contributed by atoms with Gasteiger partial charge in [0.1, 0.15) is 8.80 Å². The van der Waals surface area contributed by atoms with Crippen LogP contribution < -0.4 is 5.19 Å². The highest BCUT2D eigenvalue weighted by molar-refractivity contribution is 6.73. The molecule has 0 aliphatic rings. The second-order valence-electron chi connectivity index (χ2n) is 6.03. The summed E-state index contributed by atoms with van der Waals surface area (Å²) >= 11 is 0. The van der Waals surface area contributed by atoms with Gasteiger partial charge in [-0.3, -0.25) is 0 Å². The molecule has 1 aromatic rings. The van der Waals surface area contributed by atoms with Gasteiger partial charge in [0.15, 0.2) is 0 Å². The summed E-state index contributed by atoms with van der Waals surface area (Å²) in [6, 6.07) is 8.93. The van der Waals surface area contributed by atoms with E-state index in [0.29, 0.717) is 0 Å². The van der Waals surface area contributed by atoms with Gasteiger partial charge in [-0.05, 0) is 37.7 Å². The molecule has 0 heterocycles. The van der Waals surface area contributed by atoms with Crippen molar-refractivity contribution in [1.29, 1.82) is 0 Å². The topological polar surface area (TPSA) is 12.5 Å². The van der Waals surface area contributed by atoms with Gasteiger partial charge >= 0.3 is 0 Å². The van der Waals surface area contributed by atoms with Crippen molar-refractivity contribution in [3.63, 3.8) is 0 Å². The summed E-state index contributed by atoms with van der Waals surface area (Å²) in [7, 11) is 0.736. The maximum absolute atomic E-state index is 5.54. The Morgan fingerprint density at radius 3 is 2.14 bits per heavy atom. The first-order valence-corrected chi connectivity index (χ1v) is 10.9. The molecule has 0 aliphatic heterocycles. The molecule has 1 atom stereocenters. The minimum Gasteiger partial charge on any atom is -0.388 e. The molecule has 0 radical (unpaired) electrons. The van der Waals surface area contributed by atoms with Crippen LogP contribution >= 0.6 is 0 Å². The second-order valence-corrected chi connectivity index (χ2v) is 8.79. The first kappa shape index (κ1) is 19.1. The molecule has 0 bridgehead atoms. The molecule has 0 fully saturated rings. The van der Waals surface area contributed by atoms with E-state index in [1.807, 2.05) is 13.2 Å². The number of methoxy groups -OCH3 is 1. The van der Waals surface area contributed by atoms with E-state index in [4.69, 9.17) is 4.74 Å². The van der Waals surface area contributed by atoms with Crippen molar-refractivity contribution >= 4 is 20.1 Å². The molecule has 1 rings (SSSR count). The van der Waals surface area contributed by atoms with Gasteiger partial charge in [-0.1, -0.05) is 68.8 Å². The molecule has 0 aliphatic carbocycles. The van der Waals surface area contributed by atoms with E-state index in [2.05, 4.69) is 49.6 Å². The van der Waals surface area contributed by atoms with Gasteiger partial charge in [-0.2, -0.15) is 0 Å². The van der Waals surface area contributed by atoms with Crippen LogP contribution in [0.3, 0.4) is 0 Å². The third-order valence-electron chi connectivity index (χ3n) is 4.15. The fraction of sp³-hybridized carbons (Fsp3) is 0.579. The van der Waals surface area contributed by atoms with Crippen LogP contribution in [0.2, 0.25) is 0 Å². The van der Waals surface area contributed by atoms with Crippen LogP contribution in [0.15, 0.2) is 30.8 Å². The summed E-state index contributed by atoms with van der Waals surface area (Å²) in [5.74, 6) is 0. The van der Waals surface area contributed by atoms with Gasteiger partial charge in [0.25, 0.3) is 0 Å². The van der Waals surface area contributed by atoms with Crippen LogP contribution in [0.4, 0.5) is 0 Å². The molecule has 0 spiro atoms. The average molecular weight is 320 g/mol. The zero-order valence-corrected chi connectivity index (χ0v) is 15.8. The lowest BCUT2D eigenvalue weighted by Crippen LogP contribution is -2.47. The van der Waals surface area contributed by atoms with Crippen LogP contribution in [0, 0.1) is 0 Å². The van der Waals surface area contributed by atoms with Gasteiger partial charge in [-0.25, -0.2) is 0 Å². The summed E-state index contributed by atoms with van der Waals surface area (Å²) in [6.07, 6.45) is 9.19. The van der Waals surface area contributed by atoms with E-state index in [9.17, 15) is 0 Å². The van der Waals surface area contributed by atoms with Crippen LogP contribution in [-0.2, 0) is 4.74 Å². The zero-order valence-electron chi connectivity index (χ0n) is 14.7. The molecule has 0 aromatic heterocycles. The normalized spacial score (nSPS) is 12.5. The van der Waals surface area contributed by atoms with E-state index < -0.39 is 8.80 Å². The van der Waals surface area contributed by atoms with E-state index in [-0.39, 0.29) is 0 Å². The maximum Gasteiger partial charge on any atom is 0.114 e. The lowest BCUT2D eigenvalue weighted by molar-refractivity contribution is 0.243. The second kappa shape index (κ2) is 11.6. The largest absolute Gasteiger partial charge is 0.388 e. The Kier molecular flexibility index (Phi) is 10.1. The molecule has 3 heteroatoms. The van der Waals surface area contributed by atoms with E-state index in [1.54, 1.807) is 0 Å². The quantitative estimate of drug-likeness (QED) is 0.548. The van der Waals surface area contributed by atoms with Crippen LogP contribution in [0.5, 0.6) is 0 Å². The highest BCUT2D eigenvalue weighted by Crippen LogP contribution is 2.04. The molecule has 124 valence electrons. The maximum atomic E-state index is 5.54. The third-order valence-corrected chi connectivity index (χ3v) is 7.17. The molecular formula is C19H33NOSi. The average Bonchev–Trinajstić information content (AvgIpc) is 2.56. The molecule has 22 heavy (non-hydrogen) atoms. The highest BCUT2D eigenvalue weighted by atomic mass is 28.3. The Balaban J connectivity index is 2.74. The number of ether oxygens (including phenoxy) is 1. The Hall–Kier alpha value is -0.903. The van der Waals surface area contributed by atoms with Gasteiger partial charge in [0, 0.05) is 13.3 Å². The molecule has 0 saturated carbocycles. The lowest BCUT2D eigenvalue weighted by Gasteiger charge is -2.26. The summed E-state index contributed by atoms with van der Waals surface area (Å²) in [5.41, 5.74) is 1.20. The molecule has 0 saturated heterocycles. The SMILES string of the molecule is C=Cc1ccc([SiH](COC)CN(CCCC)CCCC)cc1. The van der Waals surface area contributed by atoms with E-state index >= 15 is 0 Å². The van der Waals surface area contributed by atoms with Crippen molar-refractivity contribution in [2.75, 3.05) is 32.6 Å². The summed E-state index contributed by atoms with van der Waals surface area (Å²) in [4.78, 5) is 2.67. The van der Waals surface area contributed by atoms with Crippen molar-refractivity contribution in [3.8, 4) is 0 Å². The smallest absolute Gasteiger partial charge is 0.114 e. The zero-order chi connectivity index (χ0) is 16.2. The molecular weight excluding hydrogens is 286 g/mol. The Morgan fingerprint density at radius 2 is 1.68 bits per heavy atom. The van der Waals surface area contributed by atoms with E-state index in [0.717, 1.165) is 6.23 Å². The van der Waals surface area contributed by atoms with Crippen molar-refractivity contribution in [2.24, 2.45) is 0 Å². The van der Waals surface area contributed by atoms with Crippen molar-refractivity contribution in [1.82, 2.24) is 4.90 Å². The van der Waals surface area contributed by atoms with Crippen LogP contribution in [0.1, 0.15) is 45.1 Å². The van der Waals surface area contributed by atoms with Gasteiger partial charge in [0.2, 0.25) is 0 Å². The van der Waals surface area contributed by atoms with Crippen molar-refractivity contribution in [2.45, 2.75) is 39.5 Å². The van der Waals surface area contributed by atoms with Crippen LogP contribution in [0.25, 0.3) is 6.08 Å². The van der Waals surface area contributed by atoms with Gasteiger partial charge in [-0.15, -0.1) is 0 Å². The minimum absolute atomic E-state index is 0.919. The number of hydrogen-bond acceptors (Lipinski definition) is 2. The number of benzene rings is 1. The molecule has 0 amide bonds. The minimum atomic E-state index is -1.10. The summed E-state index contributed by atoms with van der Waals surface area (Å²) in [6.45, 7) is 10.8. The first-order chi connectivity index (χ1) is 10.7. The fourth-order valence-corrected chi connectivity index (χ4v) is 5.37. The fourth-order valence-electron chi connectivity index (χ4n) is 2.73. The molecule has 1 unspecified atom stereocenters. The lowest BCUT2D eigenvalue weighted by atomic mass is 10.2. The van der Waals surface area contributed by atoms with Crippen molar-refractivity contribution < 1.29 is 4.74 Å². The van der Waals surface area contributed by atoms with Crippen molar-refractivity contribution in [3.05, 3.63) is 36.4 Å². The Morgan fingerprint density at radius 1 is 1.09 bits per heavy atom. The highest BCUT2D eigenvalue weighted by Gasteiger charge is 2.17. The predicted octanol–water partition coefficient (Wildman–Crippen LogP) is 3.39. The molecule has 0 N–H and O–H groups in total. The van der Waals surface area contributed by atoms with Gasteiger partial charge < -0.3 is 9.64 Å². The summed E-state index contributed by atoms with van der Waals surface area (Å²) < 4.78 is 5.54. The number of nitrogens with zero attached hydrogens (tertiary/aromatic N) is 1. The predicted molar refractivity (Wildman–Crippen MR) is 101 cm³/mol. The first-order valence-electron chi connectivity index (χ1n) is 8.68. The third kappa shape index (κ3) is 6.90. The van der Waals surface area contributed by atoms with Gasteiger partial charge in [0.05, 0.1) is 0 Å². The molecule has 1 aromatic carbocycles. The molecule has 2 nitrogen and oxygen atoms in total. The Bertz CT molecular complexity index is 396. The monoisotopic (exact) mass is 319 g/mol.